The molecule has 0 aliphatic rings. The molecule has 6 heteroatoms. The van der Waals surface area contributed by atoms with Gasteiger partial charge < -0.3 is 10.6 Å². The zero-order chi connectivity index (χ0) is 12.8. The summed E-state index contributed by atoms with van der Waals surface area (Å²) >= 11 is 16.8. The third kappa shape index (κ3) is 4.50. The standard InChI is InChI=1S/C11H12Cl2N2OS/c1-2-4-9(16)15-11(17)14-8-6-3-5-7(12)10(8)13/h3,5-6H,2,4H2,1H3,(H2,14,15,16,17). The fraction of sp³-hybridized carbons (Fsp3) is 0.273. The Kier molecular flexibility index (Phi) is 5.68. The molecule has 1 aromatic rings. The number of hydrogen-bond acceptors (Lipinski definition) is 2. The number of amides is 1. The lowest BCUT2D eigenvalue weighted by atomic mass is 10.3. The van der Waals surface area contributed by atoms with Crippen LogP contribution in [-0.4, -0.2) is 11.0 Å². The first-order chi connectivity index (χ1) is 8.04. The normalized spacial score (nSPS) is 9.82. The molecule has 2 N–H and O–H groups in total. The summed E-state index contributed by atoms with van der Waals surface area (Å²) in [5.74, 6) is -0.122. The molecule has 0 bridgehead atoms. The zero-order valence-electron chi connectivity index (χ0n) is 9.22. The van der Waals surface area contributed by atoms with Crippen molar-refractivity contribution in [3.8, 4) is 0 Å². The van der Waals surface area contributed by atoms with Crippen molar-refractivity contribution in [2.45, 2.75) is 19.8 Å². The number of halogens is 2. The minimum atomic E-state index is -0.122. The van der Waals surface area contributed by atoms with Gasteiger partial charge in [-0.05, 0) is 30.8 Å². The van der Waals surface area contributed by atoms with Crippen LogP contribution in [0.4, 0.5) is 5.69 Å². The highest BCUT2D eigenvalue weighted by Crippen LogP contribution is 2.29. The van der Waals surface area contributed by atoms with E-state index in [2.05, 4.69) is 10.6 Å². The first-order valence-corrected chi connectivity index (χ1v) is 6.26. The van der Waals surface area contributed by atoms with Crippen molar-refractivity contribution in [3.63, 3.8) is 0 Å². The van der Waals surface area contributed by atoms with Gasteiger partial charge in [-0.1, -0.05) is 36.2 Å². The second kappa shape index (κ2) is 6.79. The van der Waals surface area contributed by atoms with E-state index in [0.29, 0.717) is 22.2 Å². The van der Waals surface area contributed by atoms with Gasteiger partial charge in [0.15, 0.2) is 5.11 Å². The van der Waals surface area contributed by atoms with Crippen molar-refractivity contribution in [3.05, 3.63) is 28.2 Å². The summed E-state index contributed by atoms with van der Waals surface area (Å²) < 4.78 is 0. The molecule has 0 saturated carbocycles. The smallest absolute Gasteiger partial charge is 0.226 e. The van der Waals surface area contributed by atoms with Crippen molar-refractivity contribution in [1.29, 1.82) is 0 Å². The molecule has 0 saturated heterocycles. The minimum absolute atomic E-state index is 0.122. The van der Waals surface area contributed by atoms with E-state index in [1.165, 1.54) is 0 Å². The van der Waals surface area contributed by atoms with E-state index in [9.17, 15) is 4.79 Å². The van der Waals surface area contributed by atoms with Crippen LogP contribution in [0.15, 0.2) is 18.2 Å². The molecule has 0 radical (unpaired) electrons. The molecule has 17 heavy (non-hydrogen) atoms. The van der Waals surface area contributed by atoms with Crippen LogP contribution in [0, 0.1) is 0 Å². The predicted molar refractivity (Wildman–Crippen MR) is 75.7 cm³/mol. The molecule has 0 aromatic heterocycles. The molecular formula is C11H12Cl2N2OS. The maximum absolute atomic E-state index is 11.3. The van der Waals surface area contributed by atoms with Crippen LogP contribution in [0.3, 0.4) is 0 Å². The summed E-state index contributed by atoms with van der Waals surface area (Å²) in [4.78, 5) is 11.3. The van der Waals surface area contributed by atoms with E-state index in [0.717, 1.165) is 6.42 Å². The predicted octanol–water partition coefficient (Wildman–Crippen LogP) is 3.61. The van der Waals surface area contributed by atoms with Crippen LogP contribution in [0.25, 0.3) is 0 Å². The van der Waals surface area contributed by atoms with Crippen LogP contribution in [0.1, 0.15) is 19.8 Å². The molecule has 0 unspecified atom stereocenters. The van der Waals surface area contributed by atoms with Gasteiger partial charge in [-0.2, -0.15) is 0 Å². The third-order valence-electron chi connectivity index (χ3n) is 1.93. The molecule has 0 spiro atoms. The number of hydrogen-bond donors (Lipinski definition) is 2. The summed E-state index contributed by atoms with van der Waals surface area (Å²) in [7, 11) is 0. The Bertz CT molecular complexity index is 437. The third-order valence-corrected chi connectivity index (χ3v) is 2.95. The van der Waals surface area contributed by atoms with Gasteiger partial charge in [0.05, 0.1) is 15.7 Å². The van der Waals surface area contributed by atoms with Gasteiger partial charge in [0.1, 0.15) is 0 Å². The van der Waals surface area contributed by atoms with Gasteiger partial charge in [-0.25, -0.2) is 0 Å². The SMILES string of the molecule is CCCC(=O)NC(=S)Nc1cccc(Cl)c1Cl. The van der Waals surface area contributed by atoms with Gasteiger partial charge in [0.2, 0.25) is 5.91 Å². The van der Waals surface area contributed by atoms with Crippen molar-refractivity contribution in [2.24, 2.45) is 0 Å². The molecule has 0 atom stereocenters. The number of anilines is 1. The van der Waals surface area contributed by atoms with Crippen LogP contribution in [0.5, 0.6) is 0 Å². The van der Waals surface area contributed by atoms with E-state index in [4.69, 9.17) is 35.4 Å². The Morgan fingerprint density at radius 3 is 2.76 bits per heavy atom. The summed E-state index contributed by atoms with van der Waals surface area (Å²) in [5, 5.41) is 6.40. The van der Waals surface area contributed by atoms with Gasteiger partial charge in [-0.15, -0.1) is 0 Å². The average molecular weight is 291 g/mol. The molecule has 0 heterocycles. The van der Waals surface area contributed by atoms with Gasteiger partial charge >= 0.3 is 0 Å². The van der Waals surface area contributed by atoms with Crippen LogP contribution in [0.2, 0.25) is 10.0 Å². The Hall–Kier alpha value is -0.840. The quantitative estimate of drug-likeness (QED) is 0.836. The fourth-order valence-corrected chi connectivity index (χ4v) is 1.74. The van der Waals surface area contributed by atoms with E-state index in [-0.39, 0.29) is 11.0 Å². The number of benzene rings is 1. The molecule has 3 nitrogen and oxygen atoms in total. The van der Waals surface area contributed by atoms with Gasteiger partial charge in [0, 0.05) is 6.42 Å². The lowest BCUT2D eigenvalue weighted by Crippen LogP contribution is -2.33. The first-order valence-electron chi connectivity index (χ1n) is 5.09. The average Bonchev–Trinajstić information content (AvgIpc) is 2.25. The number of carbonyl (C=O) groups excluding carboxylic acids is 1. The second-order valence-electron chi connectivity index (χ2n) is 3.35. The van der Waals surface area contributed by atoms with Crippen LogP contribution < -0.4 is 10.6 Å². The van der Waals surface area contributed by atoms with Gasteiger partial charge in [-0.3, -0.25) is 4.79 Å². The Morgan fingerprint density at radius 1 is 1.41 bits per heavy atom. The summed E-state index contributed by atoms with van der Waals surface area (Å²) in [5.41, 5.74) is 0.570. The fourth-order valence-electron chi connectivity index (χ4n) is 1.17. The van der Waals surface area contributed by atoms with E-state index in [1.807, 2.05) is 6.92 Å². The van der Waals surface area contributed by atoms with E-state index in [1.54, 1.807) is 18.2 Å². The molecule has 0 fully saturated rings. The van der Waals surface area contributed by atoms with E-state index >= 15 is 0 Å². The second-order valence-corrected chi connectivity index (χ2v) is 4.55. The monoisotopic (exact) mass is 290 g/mol. The number of nitrogens with one attached hydrogen (secondary N) is 2. The molecular weight excluding hydrogens is 279 g/mol. The Balaban J connectivity index is 2.62. The van der Waals surface area contributed by atoms with Crippen molar-refractivity contribution in [1.82, 2.24) is 5.32 Å². The van der Waals surface area contributed by atoms with Gasteiger partial charge in [0.25, 0.3) is 0 Å². The summed E-state index contributed by atoms with van der Waals surface area (Å²) in [6, 6.07) is 5.15. The number of rotatable bonds is 3. The first kappa shape index (κ1) is 14.2. The van der Waals surface area contributed by atoms with Crippen molar-refractivity contribution in [2.75, 3.05) is 5.32 Å². The molecule has 1 rings (SSSR count). The molecule has 0 aliphatic carbocycles. The van der Waals surface area contributed by atoms with Crippen molar-refractivity contribution < 1.29 is 4.79 Å². The molecule has 92 valence electrons. The Morgan fingerprint density at radius 2 is 2.12 bits per heavy atom. The van der Waals surface area contributed by atoms with E-state index < -0.39 is 0 Å². The van der Waals surface area contributed by atoms with Crippen molar-refractivity contribution >= 4 is 52.1 Å². The minimum Gasteiger partial charge on any atom is -0.331 e. The highest BCUT2D eigenvalue weighted by atomic mass is 35.5. The molecule has 0 aliphatic heterocycles. The maximum Gasteiger partial charge on any atom is 0.226 e. The highest BCUT2D eigenvalue weighted by Gasteiger charge is 2.07. The summed E-state index contributed by atoms with van der Waals surface area (Å²) in [6.07, 6.45) is 1.21. The lowest BCUT2D eigenvalue weighted by Gasteiger charge is -2.11. The number of thiocarbonyl (C=S) groups is 1. The number of carbonyl (C=O) groups is 1. The van der Waals surface area contributed by atoms with Crippen LogP contribution in [-0.2, 0) is 4.79 Å². The Labute approximate surface area is 115 Å². The summed E-state index contributed by atoms with van der Waals surface area (Å²) in [6.45, 7) is 1.92. The zero-order valence-corrected chi connectivity index (χ0v) is 11.5. The maximum atomic E-state index is 11.3. The van der Waals surface area contributed by atoms with Crippen LogP contribution >= 0.6 is 35.4 Å². The topological polar surface area (TPSA) is 41.1 Å². The molecule has 1 amide bonds. The molecule has 1 aromatic carbocycles. The lowest BCUT2D eigenvalue weighted by molar-refractivity contribution is -0.119. The highest BCUT2D eigenvalue weighted by molar-refractivity contribution is 7.80. The largest absolute Gasteiger partial charge is 0.331 e.